The van der Waals surface area contributed by atoms with E-state index in [0.29, 0.717) is 5.70 Å². The maximum atomic E-state index is 10.8. The van der Waals surface area contributed by atoms with Gasteiger partial charge in [-0.15, -0.1) is 0 Å². The van der Waals surface area contributed by atoms with Crippen molar-refractivity contribution >= 4 is 17.9 Å². The summed E-state index contributed by atoms with van der Waals surface area (Å²) in [5, 5.41) is 2.55. The van der Waals surface area contributed by atoms with E-state index in [0.717, 1.165) is 5.56 Å². The van der Waals surface area contributed by atoms with Crippen LogP contribution in [-0.2, 0) is 0 Å². The van der Waals surface area contributed by atoms with E-state index in [4.69, 9.17) is 5.73 Å². The number of carbonyl (C=O) groups excluding carboxylic acids is 1. The van der Waals surface area contributed by atoms with Gasteiger partial charge in [-0.05, 0) is 11.6 Å². The van der Waals surface area contributed by atoms with Gasteiger partial charge in [0.15, 0.2) is 5.84 Å². The predicted molar refractivity (Wildman–Crippen MR) is 54.6 cm³/mol. The zero-order valence-electron chi connectivity index (χ0n) is 7.40. The summed E-state index contributed by atoms with van der Waals surface area (Å²) < 4.78 is 0. The Labute approximate surface area is 81.1 Å². The highest BCUT2D eigenvalue weighted by Crippen LogP contribution is 2.07. The van der Waals surface area contributed by atoms with Crippen molar-refractivity contribution in [1.82, 2.24) is 5.32 Å². The number of amides is 2. The minimum atomic E-state index is -0.412. The van der Waals surface area contributed by atoms with Crippen LogP contribution in [0.1, 0.15) is 5.56 Å². The van der Waals surface area contributed by atoms with Crippen LogP contribution in [0.25, 0.3) is 6.08 Å². The molecule has 3 N–H and O–H groups in total. The molecule has 1 aliphatic rings. The number of urea groups is 1. The molecule has 4 heteroatoms. The lowest BCUT2D eigenvalue weighted by molar-refractivity contribution is 0.253. The summed E-state index contributed by atoms with van der Waals surface area (Å²) in [6.07, 6.45) is 1.78. The first kappa shape index (κ1) is 8.50. The molecule has 0 spiro atoms. The average molecular weight is 187 g/mol. The van der Waals surface area contributed by atoms with Crippen LogP contribution in [0.15, 0.2) is 41.0 Å². The van der Waals surface area contributed by atoms with Crippen LogP contribution in [-0.4, -0.2) is 11.9 Å². The SMILES string of the molecule is NC1=NC(=O)N/C1=C\c1ccccc1. The zero-order chi connectivity index (χ0) is 9.97. The molecule has 0 aliphatic carbocycles. The molecular weight excluding hydrogens is 178 g/mol. The van der Waals surface area contributed by atoms with Gasteiger partial charge in [0.05, 0.1) is 5.70 Å². The summed E-state index contributed by atoms with van der Waals surface area (Å²) in [6, 6.07) is 9.18. The van der Waals surface area contributed by atoms with Gasteiger partial charge in [0.1, 0.15) is 0 Å². The second-order valence-corrected chi connectivity index (χ2v) is 2.90. The van der Waals surface area contributed by atoms with Gasteiger partial charge in [-0.3, -0.25) is 0 Å². The van der Waals surface area contributed by atoms with Gasteiger partial charge in [0, 0.05) is 0 Å². The van der Waals surface area contributed by atoms with Crippen molar-refractivity contribution in [2.75, 3.05) is 0 Å². The fourth-order valence-corrected chi connectivity index (χ4v) is 1.20. The molecule has 0 unspecified atom stereocenters. The molecule has 70 valence electrons. The summed E-state index contributed by atoms with van der Waals surface area (Å²) in [5.74, 6) is 0.235. The number of amidine groups is 1. The van der Waals surface area contributed by atoms with Gasteiger partial charge in [0.25, 0.3) is 0 Å². The van der Waals surface area contributed by atoms with E-state index >= 15 is 0 Å². The standard InChI is InChI=1S/C10H9N3O/c11-9-8(12-10(14)13-9)6-7-4-2-1-3-5-7/h1-6H,(H3,11,12,13,14)/b8-6-. The molecule has 4 nitrogen and oxygen atoms in total. The van der Waals surface area contributed by atoms with Gasteiger partial charge >= 0.3 is 6.03 Å². The average Bonchev–Trinajstić information content (AvgIpc) is 2.47. The van der Waals surface area contributed by atoms with Crippen LogP contribution in [0.5, 0.6) is 0 Å². The van der Waals surface area contributed by atoms with Crippen LogP contribution < -0.4 is 11.1 Å². The molecule has 14 heavy (non-hydrogen) atoms. The van der Waals surface area contributed by atoms with Crippen LogP contribution in [0.3, 0.4) is 0 Å². The third-order valence-corrected chi connectivity index (χ3v) is 1.85. The Morgan fingerprint density at radius 2 is 2.00 bits per heavy atom. The second-order valence-electron chi connectivity index (χ2n) is 2.90. The summed E-state index contributed by atoms with van der Waals surface area (Å²) in [6.45, 7) is 0. The molecule has 2 rings (SSSR count). The minimum Gasteiger partial charge on any atom is -0.382 e. The van der Waals surface area contributed by atoms with Gasteiger partial charge in [-0.1, -0.05) is 30.3 Å². The minimum absolute atomic E-state index is 0.235. The third-order valence-electron chi connectivity index (χ3n) is 1.85. The molecule has 1 heterocycles. The predicted octanol–water partition coefficient (Wildman–Crippen LogP) is 1.11. The molecule has 0 saturated heterocycles. The van der Waals surface area contributed by atoms with Crippen molar-refractivity contribution in [3.8, 4) is 0 Å². The smallest absolute Gasteiger partial charge is 0.347 e. The first-order chi connectivity index (χ1) is 6.75. The van der Waals surface area contributed by atoms with E-state index in [1.165, 1.54) is 0 Å². The van der Waals surface area contributed by atoms with Gasteiger partial charge < -0.3 is 11.1 Å². The molecular formula is C10H9N3O. The van der Waals surface area contributed by atoms with E-state index in [9.17, 15) is 4.79 Å². The molecule has 0 atom stereocenters. The molecule has 1 aromatic carbocycles. The lowest BCUT2D eigenvalue weighted by Gasteiger charge is -1.97. The van der Waals surface area contributed by atoms with Crippen molar-refractivity contribution in [2.24, 2.45) is 10.7 Å². The fraction of sp³-hybridized carbons (Fsp3) is 0. The maximum absolute atomic E-state index is 10.8. The van der Waals surface area contributed by atoms with Crippen LogP contribution in [0, 0.1) is 0 Å². The van der Waals surface area contributed by atoms with Crippen LogP contribution in [0.2, 0.25) is 0 Å². The van der Waals surface area contributed by atoms with Crippen molar-refractivity contribution in [1.29, 1.82) is 0 Å². The Morgan fingerprint density at radius 1 is 1.29 bits per heavy atom. The van der Waals surface area contributed by atoms with E-state index in [1.807, 2.05) is 30.3 Å². The summed E-state index contributed by atoms with van der Waals surface area (Å²) in [4.78, 5) is 14.4. The van der Waals surface area contributed by atoms with Crippen LogP contribution >= 0.6 is 0 Å². The molecule has 2 amide bonds. The topological polar surface area (TPSA) is 67.5 Å². The fourth-order valence-electron chi connectivity index (χ4n) is 1.20. The van der Waals surface area contributed by atoms with E-state index in [-0.39, 0.29) is 5.84 Å². The highest BCUT2D eigenvalue weighted by atomic mass is 16.2. The molecule has 0 fully saturated rings. The Kier molecular flexibility index (Phi) is 2.02. The lowest BCUT2D eigenvalue weighted by Crippen LogP contribution is -2.19. The molecule has 0 bridgehead atoms. The number of benzene rings is 1. The number of hydrogen-bond acceptors (Lipinski definition) is 2. The highest BCUT2D eigenvalue weighted by Gasteiger charge is 2.15. The number of carbonyl (C=O) groups is 1. The maximum Gasteiger partial charge on any atom is 0.347 e. The van der Waals surface area contributed by atoms with E-state index in [2.05, 4.69) is 10.3 Å². The van der Waals surface area contributed by atoms with Crippen molar-refractivity contribution in [3.63, 3.8) is 0 Å². The van der Waals surface area contributed by atoms with Crippen molar-refractivity contribution in [2.45, 2.75) is 0 Å². The number of rotatable bonds is 1. The summed E-state index contributed by atoms with van der Waals surface area (Å²) in [7, 11) is 0. The third kappa shape index (κ3) is 1.64. The monoisotopic (exact) mass is 187 g/mol. The Bertz CT molecular complexity index is 420. The Balaban J connectivity index is 2.29. The molecule has 0 saturated carbocycles. The molecule has 0 aromatic heterocycles. The molecule has 0 radical (unpaired) electrons. The summed E-state index contributed by atoms with van der Waals surface area (Å²) in [5.41, 5.74) is 7.05. The second kappa shape index (κ2) is 3.33. The number of nitrogens with two attached hydrogens (primary N) is 1. The first-order valence-electron chi connectivity index (χ1n) is 4.18. The highest BCUT2D eigenvalue weighted by molar-refractivity contribution is 6.13. The van der Waals surface area contributed by atoms with Gasteiger partial charge in [0.2, 0.25) is 0 Å². The molecule has 1 aromatic rings. The zero-order valence-corrected chi connectivity index (χ0v) is 7.40. The number of hydrogen-bond donors (Lipinski definition) is 2. The quantitative estimate of drug-likeness (QED) is 0.691. The number of nitrogens with one attached hydrogen (secondary N) is 1. The summed E-state index contributed by atoms with van der Waals surface area (Å²) >= 11 is 0. The largest absolute Gasteiger partial charge is 0.382 e. The lowest BCUT2D eigenvalue weighted by atomic mass is 10.2. The van der Waals surface area contributed by atoms with E-state index < -0.39 is 6.03 Å². The van der Waals surface area contributed by atoms with Crippen molar-refractivity contribution in [3.05, 3.63) is 41.6 Å². The van der Waals surface area contributed by atoms with E-state index in [1.54, 1.807) is 6.08 Å². The number of aliphatic imine (C=N–C) groups is 1. The van der Waals surface area contributed by atoms with Crippen LogP contribution in [0.4, 0.5) is 4.79 Å². The normalized spacial score (nSPS) is 18.1. The Hall–Kier alpha value is -2.10. The Morgan fingerprint density at radius 3 is 2.57 bits per heavy atom. The number of nitrogens with zero attached hydrogens (tertiary/aromatic N) is 1. The molecule has 1 aliphatic heterocycles. The van der Waals surface area contributed by atoms with Gasteiger partial charge in [-0.2, -0.15) is 4.99 Å². The first-order valence-corrected chi connectivity index (χ1v) is 4.18. The van der Waals surface area contributed by atoms with Crippen molar-refractivity contribution < 1.29 is 4.79 Å². The van der Waals surface area contributed by atoms with Gasteiger partial charge in [-0.25, -0.2) is 4.79 Å².